The molecule has 0 unspecified atom stereocenters. The van der Waals surface area contributed by atoms with E-state index in [4.69, 9.17) is 0 Å². The Bertz CT molecular complexity index is 4800. The van der Waals surface area contributed by atoms with Crippen LogP contribution >= 0.6 is 0 Å². The molecule has 0 saturated carbocycles. The van der Waals surface area contributed by atoms with Crippen LogP contribution in [0.4, 0.5) is 0 Å². The molecule has 14 rings (SSSR count). The summed E-state index contributed by atoms with van der Waals surface area (Å²) in [5.41, 5.74) is 19.7. The van der Waals surface area contributed by atoms with Crippen LogP contribution in [0.3, 0.4) is 0 Å². The molecule has 0 saturated heterocycles. The van der Waals surface area contributed by atoms with E-state index < -0.39 is 0 Å². The summed E-state index contributed by atoms with van der Waals surface area (Å²) >= 11 is 0. The lowest BCUT2D eigenvalue weighted by molar-refractivity contribution is 0.867. The molecule has 0 aliphatic rings. The molecule has 0 heterocycles. The van der Waals surface area contributed by atoms with E-state index in [0.29, 0.717) is 41.4 Å². The lowest BCUT2D eigenvalue weighted by Gasteiger charge is -2.13. The zero-order valence-corrected chi connectivity index (χ0v) is 63.3. The highest BCUT2D eigenvalue weighted by atomic mass is 14.2. The Morgan fingerprint density at radius 3 is 1.11 bits per heavy atom. The van der Waals surface area contributed by atoms with Gasteiger partial charge in [-0.2, -0.15) is 0 Å². The highest BCUT2D eigenvalue weighted by molar-refractivity contribution is 5.93. The minimum atomic E-state index is 0. The fourth-order valence-electron chi connectivity index (χ4n) is 14.0. The van der Waals surface area contributed by atoms with E-state index in [1.807, 2.05) is 0 Å². The van der Waals surface area contributed by atoms with Gasteiger partial charge in [0.1, 0.15) is 0 Å². The SMILES string of the molecule is C.Cc1cc(C(C)C)c2ccccc2c1.Cc1ccc(C(C)C)c2ccccc12.Cc1ccc2c(C(C)C)cccc2c1.Cc1ccc2cccc(C(C)C)c2c1.Cc1ccc2ccccc2c1C(C)C.Cc1cccc2c(C(C)C)cccc12.Cc1cccc2cccc(C(C)C)c12. The van der Waals surface area contributed by atoms with Crippen molar-refractivity contribution >= 4 is 75.4 Å². The van der Waals surface area contributed by atoms with Gasteiger partial charge < -0.3 is 0 Å². The summed E-state index contributed by atoms with van der Waals surface area (Å²) in [6, 6.07) is 92.0. The smallest absolute Gasteiger partial charge is 0.0120 e. The normalized spacial score (nSPS) is 11.0. The molecule has 0 spiro atoms. The van der Waals surface area contributed by atoms with Crippen LogP contribution in [0.2, 0.25) is 0 Å². The molecule has 512 valence electrons. The Balaban J connectivity index is 0.000000162. The van der Waals surface area contributed by atoms with Crippen LogP contribution in [-0.4, -0.2) is 0 Å². The van der Waals surface area contributed by atoms with Crippen LogP contribution in [0, 0.1) is 48.5 Å². The molecular weight excluding hydrogens is 1190 g/mol. The van der Waals surface area contributed by atoms with Gasteiger partial charge in [0.2, 0.25) is 0 Å². The van der Waals surface area contributed by atoms with E-state index >= 15 is 0 Å². The van der Waals surface area contributed by atoms with Crippen molar-refractivity contribution in [1.29, 1.82) is 0 Å². The van der Waals surface area contributed by atoms with E-state index in [0.717, 1.165) is 0 Å². The number of benzene rings is 14. The van der Waals surface area contributed by atoms with Gasteiger partial charge in [0.15, 0.2) is 0 Å². The summed E-state index contributed by atoms with van der Waals surface area (Å²) in [4.78, 5) is 0. The number of rotatable bonds is 7. The topological polar surface area (TPSA) is 0 Å². The van der Waals surface area contributed by atoms with Gasteiger partial charge in [-0.25, -0.2) is 0 Å². The molecule has 0 fully saturated rings. The van der Waals surface area contributed by atoms with E-state index in [2.05, 4.69) is 400 Å². The first kappa shape index (κ1) is 77.3. The third-order valence-corrected chi connectivity index (χ3v) is 19.2. The maximum Gasteiger partial charge on any atom is -0.0120 e. The summed E-state index contributed by atoms with van der Waals surface area (Å²) in [6.45, 7) is 46.7. The largest absolute Gasteiger partial charge is 0.0776 e. The third kappa shape index (κ3) is 19.9. The molecule has 0 aliphatic carbocycles. The first-order valence-electron chi connectivity index (χ1n) is 36.3. The second-order valence-corrected chi connectivity index (χ2v) is 29.4. The Morgan fingerprint density at radius 1 is 0.182 bits per heavy atom. The summed E-state index contributed by atoms with van der Waals surface area (Å²) < 4.78 is 0. The van der Waals surface area contributed by atoms with Crippen LogP contribution in [0.25, 0.3) is 75.4 Å². The van der Waals surface area contributed by atoms with Gasteiger partial charge in [-0.05, 0) is 226 Å². The van der Waals surface area contributed by atoms with Crippen molar-refractivity contribution in [3.63, 3.8) is 0 Å². The number of aryl methyl sites for hydroxylation is 7. The fraction of sp³-hybridized carbons (Fsp3) is 0.293. The van der Waals surface area contributed by atoms with Gasteiger partial charge in [0.05, 0.1) is 0 Å². The quantitative estimate of drug-likeness (QED) is 0.149. The van der Waals surface area contributed by atoms with Crippen LogP contribution in [0.15, 0.2) is 255 Å². The van der Waals surface area contributed by atoms with Crippen molar-refractivity contribution in [1.82, 2.24) is 0 Å². The first-order chi connectivity index (χ1) is 46.8. The van der Waals surface area contributed by atoms with Crippen molar-refractivity contribution < 1.29 is 0 Å². The molecule has 0 radical (unpaired) electrons. The maximum atomic E-state index is 2.30. The molecule has 0 heteroatoms. The average Bonchev–Trinajstić information content (AvgIpc) is 0.942. The van der Waals surface area contributed by atoms with E-state index in [-0.39, 0.29) is 7.43 Å². The Morgan fingerprint density at radius 2 is 0.525 bits per heavy atom. The molecule has 14 aromatic rings. The van der Waals surface area contributed by atoms with Crippen LogP contribution in [0.1, 0.15) is 224 Å². The zero-order chi connectivity index (χ0) is 70.9. The maximum absolute atomic E-state index is 2.30. The standard InChI is InChI=1S/7C14H16.CH4/c1-10(2)12-7-5-8-13-11(3)6-4-9-14(12)13;1-10(2)13-9-5-8-12-7-4-6-11(3)14(12)13;1-10(2)13-6-4-5-12-9-11(3)7-8-14(12)13;1-10(2)13-6-4-5-12-8-7-11(3)9-14(12)13;1-10(2)14-9-11(3)8-12-6-4-5-7-13(12)14;1-10(2)12-9-8-11(3)13-6-4-5-7-14(12)13;1-10(2)14-11(3)8-9-12-6-4-5-7-13(12)14;/h7*4-10H,1-3H3;1H4. The minimum Gasteiger partial charge on any atom is -0.0776 e. The lowest BCUT2D eigenvalue weighted by atomic mass is 9.92. The molecular formula is C99H116. The van der Waals surface area contributed by atoms with Crippen molar-refractivity contribution in [3.05, 3.63) is 333 Å². The van der Waals surface area contributed by atoms with Gasteiger partial charge in [-0.1, -0.05) is 376 Å². The van der Waals surface area contributed by atoms with E-state index in [9.17, 15) is 0 Å². The van der Waals surface area contributed by atoms with Gasteiger partial charge in [-0.15, -0.1) is 0 Å². The Hall–Kier alpha value is -9.10. The van der Waals surface area contributed by atoms with E-state index in [1.165, 1.54) is 153 Å². The predicted molar refractivity (Wildman–Crippen MR) is 446 cm³/mol. The highest BCUT2D eigenvalue weighted by Gasteiger charge is 2.12. The Labute approximate surface area is 598 Å². The van der Waals surface area contributed by atoms with Crippen LogP contribution in [-0.2, 0) is 0 Å². The average molecular weight is 1310 g/mol. The van der Waals surface area contributed by atoms with Crippen molar-refractivity contribution in [2.45, 2.75) is 194 Å². The minimum absolute atomic E-state index is 0. The number of hydrogen-bond acceptors (Lipinski definition) is 0. The molecule has 0 bridgehead atoms. The third-order valence-electron chi connectivity index (χ3n) is 19.2. The Kier molecular flexibility index (Phi) is 28.2. The molecule has 0 aromatic heterocycles. The second kappa shape index (κ2) is 36.1. The fourth-order valence-corrected chi connectivity index (χ4v) is 14.0. The van der Waals surface area contributed by atoms with Crippen molar-refractivity contribution in [3.8, 4) is 0 Å². The number of fused-ring (bicyclic) bond motifs is 7. The van der Waals surface area contributed by atoms with Crippen molar-refractivity contribution in [2.24, 2.45) is 0 Å². The molecule has 0 atom stereocenters. The number of hydrogen-bond donors (Lipinski definition) is 0. The molecule has 0 amide bonds. The first-order valence-corrected chi connectivity index (χ1v) is 36.3. The van der Waals surface area contributed by atoms with Crippen LogP contribution < -0.4 is 0 Å². The summed E-state index contributed by atoms with van der Waals surface area (Å²) in [6.07, 6.45) is 0. The summed E-state index contributed by atoms with van der Waals surface area (Å²) in [5, 5.41) is 19.4. The molecule has 99 heavy (non-hydrogen) atoms. The van der Waals surface area contributed by atoms with E-state index in [1.54, 1.807) is 0 Å². The zero-order valence-electron chi connectivity index (χ0n) is 63.3. The highest BCUT2D eigenvalue weighted by Crippen LogP contribution is 2.34. The monoisotopic (exact) mass is 1300 g/mol. The molecule has 0 N–H and O–H groups in total. The van der Waals surface area contributed by atoms with Crippen LogP contribution in [0.5, 0.6) is 0 Å². The van der Waals surface area contributed by atoms with Gasteiger partial charge in [0.25, 0.3) is 0 Å². The molecule has 0 aliphatic heterocycles. The second-order valence-electron chi connectivity index (χ2n) is 29.4. The summed E-state index contributed by atoms with van der Waals surface area (Å²) in [5.74, 6) is 4.18. The van der Waals surface area contributed by atoms with Gasteiger partial charge in [0, 0.05) is 0 Å². The van der Waals surface area contributed by atoms with Gasteiger partial charge >= 0.3 is 0 Å². The van der Waals surface area contributed by atoms with Gasteiger partial charge in [-0.3, -0.25) is 0 Å². The lowest BCUT2D eigenvalue weighted by Crippen LogP contribution is -1.93. The molecule has 14 aromatic carbocycles. The summed E-state index contributed by atoms with van der Waals surface area (Å²) in [7, 11) is 0. The van der Waals surface area contributed by atoms with Crippen molar-refractivity contribution in [2.75, 3.05) is 0 Å². The predicted octanol–water partition coefficient (Wildman–Crippen LogP) is 30.5. The molecule has 0 nitrogen and oxygen atoms in total.